The first kappa shape index (κ1) is 30.5. The number of fused-ring (bicyclic) bond motifs is 1. The van der Waals surface area contributed by atoms with Crippen LogP contribution in [0.15, 0.2) is 54.7 Å². The minimum atomic E-state index is -1.45. The van der Waals surface area contributed by atoms with Crippen LogP contribution in [0.3, 0.4) is 0 Å². The number of hydrogen-bond donors (Lipinski definition) is 9. The van der Waals surface area contributed by atoms with Crippen LogP contribution in [0, 0.1) is 0 Å². The molecule has 3 rings (SSSR count). The van der Waals surface area contributed by atoms with Crippen molar-refractivity contribution in [1.82, 2.24) is 20.9 Å². The van der Waals surface area contributed by atoms with Gasteiger partial charge in [-0.1, -0.05) is 30.3 Å². The number of aromatic nitrogens is 1. The van der Waals surface area contributed by atoms with Crippen molar-refractivity contribution in [2.75, 3.05) is 5.75 Å². The van der Waals surface area contributed by atoms with E-state index in [1.54, 1.807) is 18.3 Å². The molecule has 5 unspecified atom stereocenters. The Bertz CT molecular complexity index is 1340. The van der Waals surface area contributed by atoms with Crippen LogP contribution < -0.4 is 21.7 Å². The van der Waals surface area contributed by atoms with E-state index in [-0.39, 0.29) is 24.3 Å². The first-order valence-electron chi connectivity index (χ1n) is 12.5. The SMILES string of the molecule is CC(O)C(NC(=O)C(N)Cc1ccc(O)cc1)C(=O)NC(CS)C(=O)NC(Cc1c[nH]c2ccccc12)C(=O)O. The maximum absolute atomic E-state index is 12.9. The third-order valence-corrected chi connectivity index (χ3v) is 6.69. The Morgan fingerprint density at radius 3 is 2.20 bits per heavy atom. The summed E-state index contributed by atoms with van der Waals surface area (Å²) >= 11 is 4.11. The molecule has 0 radical (unpaired) electrons. The number of aliphatic carboxylic acids is 1. The van der Waals surface area contributed by atoms with E-state index in [1.807, 2.05) is 24.3 Å². The summed E-state index contributed by atoms with van der Waals surface area (Å²) < 4.78 is 0. The number of carbonyl (C=O) groups excluding carboxylic acids is 3. The largest absolute Gasteiger partial charge is 0.508 e. The molecule has 0 fully saturated rings. The third-order valence-electron chi connectivity index (χ3n) is 6.32. The predicted molar refractivity (Wildman–Crippen MR) is 151 cm³/mol. The number of carbonyl (C=O) groups is 4. The van der Waals surface area contributed by atoms with Gasteiger partial charge in [-0.25, -0.2) is 4.79 Å². The molecule has 2 aromatic carbocycles. The Morgan fingerprint density at radius 1 is 0.925 bits per heavy atom. The average molecular weight is 572 g/mol. The zero-order valence-electron chi connectivity index (χ0n) is 21.7. The predicted octanol–water partition coefficient (Wildman–Crippen LogP) is -0.164. The second-order valence-electron chi connectivity index (χ2n) is 9.41. The van der Waals surface area contributed by atoms with Gasteiger partial charge in [0.1, 0.15) is 23.9 Å². The molecule has 0 saturated heterocycles. The Hall–Kier alpha value is -4.07. The number of aromatic amines is 1. The van der Waals surface area contributed by atoms with Crippen LogP contribution in [0.2, 0.25) is 0 Å². The standard InChI is InChI=1S/C27H33N5O7S/c1-14(33)23(32-24(35)19(28)10-15-6-8-17(34)9-7-15)26(37)31-22(13-40)25(36)30-21(27(38)39)11-16-12-29-20-5-3-2-4-18(16)20/h2-9,12,14,19,21-23,29,33-34,40H,10-11,13,28H2,1H3,(H,30,36)(H,31,37)(H,32,35)(H,38,39). The second kappa shape index (κ2) is 13.8. The first-order valence-corrected chi connectivity index (χ1v) is 13.1. The lowest BCUT2D eigenvalue weighted by Gasteiger charge is -2.26. The van der Waals surface area contributed by atoms with Crippen LogP contribution in [-0.2, 0) is 32.0 Å². The maximum atomic E-state index is 12.9. The fraction of sp³-hybridized carbons (Fsp3) is 0.333. The van der Waals surface area contributed by atoms with Crippen LogP contribution >= 0.6 is 12.6 Å². The number of carboxylic acids is 1. The number of nitrogens with two attached hydrogens (primary N) is 1. The summed E-state index contributed by atoms with van der Waals surface area (Å²) in [6, 6.07) is 8.36. The lowest BCUT2D eigenvalue weighted by molar-refractivity contribution is -0.142. The van der Waals surface area contributed by atoms with E-state index in [9.17, 15) is 34.5 Å². The molecule has 13 heteroatoms. The number of phenolic OH excluding ortho intramolecular Hbond substituents is 1. The molecule has 1 aromatic heterocycles. The highest BCUT2D eigenvalue weighted by atomic mass is 32.1. The number of carboxylic acid groups (broad SMARTS) is 1. The van der Waals surface area contributed by atoms with Crippen LogP contribution in [0.1, 0.15) is 18.1 Å². The van der Waals surface area contributed by atoms with Gasteiger partial charge in [-0.3, -0.25) is 14.4 Å². The molecule has 1 heterocycles. The van der Waals surface area contributed by atoms with Crippen molar-refractivity contribution in [2.24, 2.45) is 5.73 Å². The van der Waals surface area contributed by atoms with Crippen LogP contribution in [0.4, 0.5) is 0 Å². The van der Waals surface area contributed by atoms with Crippen molar-refractivity contribution in [1.29, 1.82) is 0 Å². The number of amides is 3. The summed E-state index contributed by atoms with van der Waals surface area (Å²) in [5.74, 6) is -3.78. The molecule has 0 aliphatic carbocycles. The summed E-state index contributed by atoms with van der Waals surface area (Å²) in [7, 11) is 0. The summed E-state index contributed by atoms with van der Waals surface area (Å²) in [4.78, 5) is 53.5. The molecule has 0 saturated carbocycles. The molecule has 0 aliphatic rings. The summed E-state index contributed by atoms with van der Waals surface area (Å²) in [5.41, 5.74) is 8.15. The van der Waals surface area contributed by atoms with Crippen molar-refractivity contribution in [3.05, 3.63) is 65.9 Å². The van der Waals surface area contributed by atoms with Crippen molar-refractivity contribution in [3.63, 3.8) is 0 Å². The van der Waals surface area contributed by atoms with Gasteiger partial charge in [-0.05, 0) is 42.7 Å². The summed E-state index contributed by atoms with van der Waals surface area (Å²) in [6.07, 6.45) is 0.424. The van der Waals surface area contributed by atoms with E-state index in [0.717, 1.165) is 10.9 Å². The van der Waals surface area contributed by atoms with Gasteiger partial charge in [0.05, 0.1) is 12.1 Å². The summed E-state index contributed by atoms with van der Waals surface area (Å²) in [6.45, 7) is 1.29. The van der Waals surface area contributed by atoms with E-state index in [2.05, 4.69) is 33.6 Å². The number of H-pyrrole nitrogens is 1. The minimum absolute atomic E-state index is 0.0103. The van der Waals surface area contributed by atoms with E-state index in [1.165, 1.54) is 19.1 Å². The third kappa shape index (κ3) is 7.97. The molecule has 5 atom stereocenters. The van der Waals surface area contributed by atoms with Gasteiger partial charge in [0.25, 0.3) is 0 Å². The molecule has 3 amide bonds. The van der Waals surface area contributed by atoms with Gasteiger partial charge in [-0.15, -0.1) is 0 Å². The van der Waals surface area contributed by atoms with Gasteiger partial charge in [-0.2, -0.15) is 12.6 Å². The van der Waals surface area contributed by atoms with Crippen molar-refractivity contribution in [3.8, 4) is 5.75 Å². The zero-order chi connectivity index (χ0) is 29.4. The highest BCUT2D eigenvalue weighted by Crippen LogP contribution is 2.19. The van der Waals surface area contributed by atoms with Crippen molar-refractivity contribution < 1.29 is 34.5 Å². The van der Waals surface area contributed by atoms with Crippen LogP contribution in [0.5, 0.6) is 5.75 Å². The monoisotopic (exact) mass is 571 g/mol. The minimum Gasteiger partial charge on any atom is -0.508 e. The van der Waals surface area contributed by atoms with Crippen molar-refractivity contribution in [2.45, 2.75) is 50.0 Å². The highest BCUT2D eigenvalue weighted by Gasteiger charge is 2.32. The molecule has 3 aromatic rings. The molecular weight excluding hydrogens is 538 g/mol. The normalized spacial score (nSPS) is 14.9. The number of nitrogens with one attached hydrogen (secondary N) is 4. The Labute approximate surface area is 235 Å². The zero-order valence-corrected chi connectivity index (χ0v) is 22.6. The number of thiol groups is 1. The molecule has 0 bridgehead atoms. The van der Waals surface area contributed by atoms with Gasteiger partial charge >= 0.3 is 5.97 Å². The fourth-order valence-electron chi connectivity index (χ4n) is 4.09. The molecular formula is C27H33N5O7S. The van der Waals surface area contributed by atoms with E-state index >= 15 is 0 Å². The topological polar surface area (TPSA) is 207 Å². The number of aliphatic hydroxyl groups excluding tert-OH is 1. The number of aliphatic hydroxyl groups is 1. The number of para-hydroxylation sites is 1. The Morgan fingerprint density at radius 2 is 1.57 bits per heavy atom. The van der Waals surface area contributed by atoms with Gasteiger partial charge in [0.2, 0.25) is 17.7 Å². The molecule has 9 N–H and O–H groups in total. The lowest BCUT2D eigenvalue weighted by Crippen LogP contribution is -2.60. The maximum Gasteiger partial charge on any atom is 0.326 e. The number of rotatable bonds is 13. The lowest BCUT2D eigenvalue weighted by atomic mass is 10.0. The number of benzene rings is 2. The number of hydrogen-bond acceptors (Lipinski definition) is 8. The van der Waals surface area contributed by atoms with Gasteiger partial charge < -0.3 is 42.0 Å². The molecule has 0 aliphatic heterocycles. The van der Waals surface area contributed by atoms with Crippen molar-refractivity contribution >= 4 is 47.2 Å². The van der Waals surface area contributed by atoms with E-state index in [0.29, 0.717) is 11.1 Å². The quantitative estimate of drug-likeness (QED) is 0.126. The molecule has 12 nitrogen and oxygen atoms in total. The molecule has 40 heavy (non-hydrogen) atoms. The van der Waals surface area contributed by atoms with Crippen LogP contribution in [0.25, 0.3) is 10.9 Å². The van der Waals surface area contributed by atoms with E-state index in [4.69, 9.17) is 5.73 Å². The first-order chi connectivity index (χ1) is 19.0. The molecule has 214 valence electrons. The smallest absolute Gasteiger partial charge is 0.326 e. The number of phenols is 1. The number of aromatic hydroxyl groups is 1. The summed E-state index contributed by atoms with van der Waals surface area (Å²) in [5, 5.41) is 37.3. The second-order valence-corrected chi connectivity index (χ2v) is 9.78. The highest BCUT2D eigenvalue weighted by molar-refractivity contribution is 7.80. The van der Waals surface area contributed by atoms with Gasteiger partial charge in [0.15, 0.2) is 0 Å². The van der Waals surface area contributed by atoms with Crippen LogP contribution in [-0.4, -0.2) is 80.0 Å². The van der Waals surface area contributed by atoms with Gasteiger partial charge in [0, 0.05) is 29.3 Å². The molecule has 0 spiro atoms. The van der Waals surface area contributed by atoms with E-state index < -0.39 is 54.0 Å². The Kier molecular flexibility index (Phi) is 10.5. The average Bonchev–Trinajstić information content (AvgIpc) is 3.33. The Balaban J connectivity index is 1.63. The fourth-order valence-corrected chi connectivity index (χ4v) is 4.35.